The molecule has 0 saturated heterocycles. The highest BCUT2D eigenvalue weighted by atomic mass is 15.0. The van der Waals surface area contributed by atoms with Crippen LogP contribution in [-0.2, 0) is 13.5 Å². The van der Waals surface area contributed by atoms with Gasteiger partial charge in [0.25, 0.3) is 0 Å². The van der Waals surface area contributed by atoms with Crippen LogP contribution in [0.15, 0.2) is 24.5 Å². The maximum atomic E-state index is 4.54. The Labute approximate surface area is 109 Å². The van der Waals surface area contributed by atoms with Gasteiger partial charge in [-0.1, -0.05) is 12.1 Å². The summed E-state index contributed by atoms with van der Waals surface area (Å²) in [6.07, 6.45) is 2.89. The van der Waals surface area contributed by atoms with Gasteiger partial charge in [-0.15, -0.1) is 0 Å². The van der Waals surface area contributed by atoms with Crippen LogP contribution in [-0.4, -0.2) is 23.1 Å². The molecular weight excluding hydrogens is 222 g/mol. The van der Waals surface area contributed by atoms with Crippen LogP contribution in [0.5, 0.6) is 0 Å². The number of nitrogens with zero attached hydrogens (tertiary/aromatic N) is 2. The lowest BCUT2D eigenvalue weighted by atomic mass is 10.0. The highest BCUT2D eigenvalue weighted by Gasteiger charge is 2.11. The maximum Gasteiger partial charge on any atom is 0.0953 e. The lowest BCUT2D eigenvalue weighted by Gasteiger charge is -2.08. The van der Waals surface area contributed by atoms with E-state index in [-0.39, 0.29) is 0 Å². The molecule has 0 radical (unpaired) electrons. The van der Waals surface area contributed by atoms with Crippen LogP contribution < -0.4 is 5.32 Å². The van der Waals surface area contributed by atoms with Crippen molar-refractivity contribution >= 4 is 0 Å². The van der Waals surface area contributed by atoms with Gasteiger partial charge in [-0.3, -0.25) is 0 Å². The molecule has 0 bridgehead atoms. The second-order valence-electron chi connectivity index (χ2n) is 4.80. The second-order valence-corrected chi connectivity index (χ2v) is 4.80. The Bertz CT molecular complexity index is 541. The number of nitrogens with one attached hydrogen (secondary N) is 1. The van der Waals surface area contributed by atoms with Crippen molar-refractivity contribution in [2.75, 3.05) is 13.6 Å². The summed E-state index contributed by atoms with van der Waals surface area (Å²) in [5.41, 5.74) is 6.25. The first-order chi connectivity index (χ1) is 8.63. The van der Waals surface area contributed by atoms with Crippen LogP contribution in [0.4, 0.5) is 0 Å². The van der Waals surface area contributed by atoms with Gasteiger partial charge in [-0.25, -0.2) is 4.98 Å². The molecule has 0 unspecified atom stereocenters. The zero-order valence-corrected chi connectivity index (χ0v) is 11.6. The van der Waals surface area contributed by atoms with Gasteiger partial charge in [0.2, 0.25) is 0 Å². The van der Waals surface area contributed by atoms with Crippen molar-refractivity contribution in [1.82, 2.24) is 14.9 Å². The average molecular weight is 243 g/mol. The molecule has 18 heavy (non-hydrogen) atoms. The molecule has 0 saturated carbocycles. The topological polar surface area (TPSA) is 29.9 Å². The smallest absolute Gasteiger partial charge is 0.0953 e. The summed E-state index contributed by atoms with van der Waals surface area (Å²) in [4.78, 5) is 4.54. The first-order valence-electron chi connectivity index (χ1n) is 6.36. The molecule has 96 valence electrons. The highest BCUT2D eigenvalue weighted by molar-refractivity contribution is 5.63. The summed E-state index contributed by atoms with van der Waals surface area (Å²) in [5, 5.41) is 3.19. The van der Waals surface area contributed by atoms with Crippen LogP contribution in [0, 0.1) is 13.8 Å². The first-order valence-corrected chi connectivity index (χ1v) is 6.36. The lowest BCUT2D eigenvalue weighted by molar-refractivity contribution is 0.738. The number of hydrogen-bond donors (Lipinski definition) is 1. The lowest BCUT2D eigenvalue weighted by Crippen LogP contribution is -2.12. The van der Waals surface area contributed by atoms with Crippen LogP contribution >= 0.6 is 0 Å². The standard InChI is InChI=1S/C15H21N3/c1-11-5-6-13(9-12(11)2)15-14(7-8-16-3)18(4)10-17-15/h5-6,9-10,16H,7-8H2,1-4H3. The quantitative estimate of drug-likeness (QED) is 0.894. The third kappa shape index (κ3) is 2.46. The normalized spacial score (nSPS) is 10.9. The Morgan fingerprint density at radius 2 is 2.00 bits per heavy atom. The highest BCUT2D eigenvalue weighted by Crippen LogP contribution is 2.24. The molecule has 2 aromatic rings. The molecule has 0 fully saturated rings. The van der Waals surface area contributed by atoms with Gasteiger partial charge in [0, 0.05) is 31.3 Å². The summed E-state index contributed by atoms with van der Waals surface area (Å²) < 4.78 is 2.11. The summed E-state index contributed by atoms with van der Waals surface area (Å²) in [5.74, 6) is 0. The zero-order valence-electron chi connectivity index (χ0n) is 11.6. The molecule has 3 nitrogen and oxygen atoms in total. The number of aryl methyl sites for hydroxylation is 3. The number of aromatic nitrogens is 2. The third-order valence-electron chi connectivity index (χ3n) is 3.45. The minimum atomic E-state index is 0.970. The number of rotatable bonds is 4. The van der Waals surface area contributed by atoms with Crippen molar-refractivity contribution in [3.8, 4) is 11.3 Å². The second kappa shape index (κ2) is 5.36. The van der Waals surface area contributed by atoms with Gasteiger partial charge in [0.05, 0.1) is 12.0 Å². The van der Waals surface area contributed by atoms with Crippen LogP contribution in [0.3, 0.4) is 0 Å². The largest absolute Gasteiger partial charge is 0.337 e. The van der Waals surface area contributed by atoms with Crippen LogP contribution in [0.1, 0.15) is 16.8 Å². The number of imidazole rings is 1. The summed E-state index contributed by atoms with van der Waals surface area (Å²) in [6, 6.07) is 6.55. The minimum Gasteiger partial charge on any atom is -0.337 e. The Morgan fingerprint density at radius 3 is 2.67 bits per heavy atom. The molecule has 2 rings (SSSR count). The molecule has 0 amide bonds. The summed E-state index contributed by atoms with van der Waals surface area (Å²) >= 11 is 0. The first kappa shape index (κ1) is 12.8. The van der Waals surface area contributed by atoms with Crippen molar-refractivity contribution in [3.05, 3.63) is 41.3 Å². The van der Waals surface area contributed by atoms with Crippen molar-refractivity contribution < 1.29 is 0 Å². The fourth-order valence-electron chi connectivity index (χ4n) is 2.12. The average Bonchev–Trinajstić information content (AvgIpc) is 2.72. The zero-order chi connectivity index (χ0) is 13.1. The van der Waals surface area contributed by atoms with E-state index in [1.165, 1.54) is 22.4 Å². The molecule has 0 atom stereocenters. The number of benzene rings is 1. The molecule has 0 aliphatic rings. The third-order valence-corrected chi connectivity index (χ3v) is 3.45. The van der Waals surface area contributed by atoms with Gasteiger partial charge >= 0.3 is 0 Å². The molecule has 1 heterocycles. The van der Waals surface area contributed by atoms with Gasteiger partial charge in [0.15, 0.2) is 0 Å². The molecule has 1 aromatic carbocycles. The summed E-state index contributed by atoms with van der Waals surface area (Å²) in [6.45, 7) is 5.26. The monoisotopic (exact) mass is 243 g/mol. The molecule has 3 heteroatoms. The predicted molar refractivity (Wildman–Crippen MR) is 75.7 cm³/mol. The summed E-state index contributed by atoms with van der Waals surface area (Å²) in [7, 11) is 4.04. The predicted octanol–water partition coefficient (Wildman–Crippen LogP) is 2.47. The SMILES string of the molecule is CNCCc1c(-c2ccc(C)c(C)c2)ncn1C. The van der Waals surface area contributed by atoms with Crippen LogP contribution in [0.2, 0.25) is 0 Å². The molecule has 1 N–H and O–H groups in total. The van der Waals surface area contributed by atoms with E-state index in [9.17, 15) is 0 Å². The van der Waals surface area contributed by atoms with Crippen molar-refractivity contribution in [1.29, 1.82) is 0 Å². The maximum absolute atomic E-state index is 4.54. The number of hydrogen-bond acceptors (Lipinski definition) is 2. The van der Waals surface area contributed by atoms with E-state index in [1.807, 2.05) is 13.4 Å². The Hall–Kier alpha value is -1.61. The van der Waals surface area contributed by atoms with E-state index in [1.54, 1.807) is 0 Å². The Balaban J connectivity index is 2.40. The molecular formula is C15H21N3. The Kier molecular flexibility index (Phi) is 3.82. The molecule has 0 aliphatic carbocycles. The van der Waals surface area contributed by atoms with Crippen LogP contribution in [0.25, 0.3) is 11.3 Å². The fourth-order valence-corrected chi connectivity index (χ4v) is 2.12. The van der Waals surface area contributed by atoms with E-state index < -0.39 is 0 Å². The Morgan fingerprint density at radius 1 is 1.22 bits per heavy atom. The van der Waals surface area contributed by atoms with Gasteiger partial charge in [0.1, 0.15) is 0 Å². The van der Waals surface area contributed by atoms with E-state index in [0.717, 1.165) is 18.7 Å². The van der Waals surface area contributed by atoms with E-state index in [4.69, 9.17) is 0 Å². The fraction of sp³-hybridized carbons (Fsp3) is 0.400. The van der Waals surface area contributed by atoms with E-state index in [0.29, 0.717) is 0 Å². The van der Waals surface area contributed by atoms with Crippen molar-refractivity contribution in [2.24, 2.45) is 7.05 Å². The van der Waals surface area contributed by atoms with E-state index >= 15 is 0 Å². The minimum absolute atomic E-state index is 0.970. The number of likely N-dealkylation sites (N-methyl/N-ethyl adjacent to an activating group) is 1. The van der Waals surface area contributed by atoms with Gasteiger partial charge in [-0.05, 0) is 38.1 Å². The van der Waals surface area contributed by atoms with Crippen molar-refractivity contribution in [3.63, 3.8) is 0 Å². The molecule has 0 aliphatic heterocycles. The van der Waals surface area contributed by atoms with Gasteiger partial charge < -0.3 is 9.88 Å². The van der Waals surface area contributed by atoms with Crippen molar-refractivity contribution in [2.45, 2.75) is 20.3 Å². The molecule has 1 aromatic heterocycles. The van der Waals surface area contributed by atoms with E-state index in [2.05, 4.69) is 54.0 Å². The molecule has 0 spiro atoms. The van der Waals surface area contributed by atoms with Gasteiger partial charge in [-0.2, -0.15) is 0 Å².